The first kappa shape index (κ1) is 12.0. The van der Waals surface area contributed by atoms with Crippen molar-refractivity contribution in [3.63, 3.8) is 0 Å². The first-order chi connectivity index (χ1) is 7.06. The molecule has 1 aromatic rings. The summed E-state index contributed by atoms with van der Waals surface area (Å²) in [6.07, 6.45) is 0.493. The summed E-state index contributed by atoms with van der Waals surface area (Å²) in [6, 6.07) is 5.58. The number of rotatable bonds is 4. The lowest BCUT2D eigenvalue weighted by atomic mass is 10.0. The molecule has 1 atom stereocenters. The molecule has 0 amide bonds. The van der Waals surface area contributed by atoms with Crippen LogP contribution in [0.3, 0.4) is 0 Å². The zero-order valence-corrected chi connectivity index (χ0v) is 10.2. The van der Waals surface area contributed by atoms with Crippen LogP contribution in [0.2, 0.25) is 0 Å². The highest BCUT2D eigenvalue weighted by molar-refractivity contribution is 9.10. The molecule has 0 bridgehead atoms. The van der Waals surface area contributed by atoms with Gasteiger partial charge in [0.2, 0.25) is 0 Å². The molecular weight excluding hydrogens is 260 g/mol. The third kappa shape index (κ3) is 2.96. The van der Waals surface area contributed by atoms with Gasteiger partial charge in [-0.15, -0.1) is 0 Å². The summed E-state index contributed by atoms with van der Waals surface area (Å²) in [5.41, 5.74) is 0.948. The first-order valence-electron chi connectivity index (χ1n) is 4.60. The predicted octanol–water partition coefficient (Wildman–Crippen LogP) is 2.72. The van der Waals surface area contributed by atoms with Crippen LogP contribution in [0.5, 0.6) is 5.75 Å². The van der Waals surface area contributed by atoms with Crippen LogP contribution in [0.1, 0.15) is 12.5 Å². The molecule has 0 aliphatic carbocycles. The number of hydrogen-bond acceptors (Lipinski definition) is 2. The molecule has 0 saturated carbocycles. The van der Waals surface area contributed by atoms with Crippen LogP contribution in [0.4, 0.5) is 0 Å². The normalized spacial score (nSPS) is 12.2. The molecule has 1 N–H and O–H groups in total. The van der Waals surface area contributed by atoms with Gasteiger partial charge in [-0.05, 0) is 34.0 Å². The Morgan fingerprint density at radius 2 is 2.27 bits per heavy atom. The van der Waals surface area contributed by atoms with E-state index < -0.39 is 11.9 Å². The van der Waals surface area contributed by atoms with Gasteiger partial charge in [0.15, 0.2) is 0 Å². The summed E-state index contributed by atoms with van der Waals surface area (Å²) in [4.78, 5) is 10.7. The highest BCUT2D eigenvalue weighted by Gasteiger charge is 2.14. The standard InChI is InChI=1S/C11H13BrO3/c1-7(11(13)14)6-8-4-3-5-9(15-2)10(8)12/h3-5,7H,6H2,1-2H3,(H,13,14). The number of hydrogen-bond donors (Lipinski definition) is 1. The second kappa shape index (κ2) is 5.16. The van der Waals surface area contributed by atoms with Crippen molar-refractivity contribution in [2.24, 2.45) is 5.92 Å². The number of aliphatic carboxylic acids is 1. The van der Waals surface area contributed by atoms with E-state index in [2.05, 4.69) is 15.9 Å². The van der Waals surface area contributed by atoms with Gasteiger partial charge in [-0.2, -0.15) is 0 Å². The summed E-state index contributed by atoms with van der Waals surface area (Å²) in [7, 11) is 1.59. The highest BCUT2D eigenvalue weighted by Crippen LogP contribution is 2.29. The number of carbonyl (C=O) groups is 1. The van der Waals surface area contributed by atoms with E-state index in [1.165, 1.54) is 0 Å². The van der Waals surface area contributed by atoms with Gasteiger partial charge in [-0.3, -0.25) is 4.79 Å². The minimum atomic E-state index is -0.787. The van der Waals surface area contributed by atoms with Crippen LogP contribution in [0.15, 0.2) is 22.7 Å². The fourth-order valence-corrected chi connectivity index (χ4v) is 1.88. The van der Waals surface area contributed by atoms with Crippen molar-refractivity contribution in [1.82, 2.24) is 0 Å². The fraction of sp³-hybridized carbons (Fsp3) is 0.364. The molecule has 0 aliphatic rings. The fourth-order valence-electron chi connectivity index (χ4n) is 1.29. The smallest absolute Gasteiger partial charge is 0.306 e. The zero-order chi connectivity index (χ0) is 11.4. The molecule has 4 heteroatoms. The van der Waals surface area contributed by atoms with E-state index in [1.54, 1.807) is 14.0 Å². The van der Waals surface area contributed by atoms with Crippen molar-refractivity contribution < 1.29 is 14.6 Å². The minimum absolute atomic E-state index is 0.395. The van der Waals surface area contributed by atoms with Gasteiger partial charge < -0.3 is 9.84 Å². The SMILES string of the molecule is COc1cccc(CC(C)C(=O)O)c1Br. The molecule has 15 heavy (non-hydrogen) atoms. The molecule has 0 heterocycles. The van der Waals surface area contributed by atoms with Crippen molar-refractivity contribution in [3.8, 4) is 5.75 Å². The van der Waals surface area contributed by atoms with Crippen LogP contribution in [0, 0.1) is 5.92 Å². The van der Waals surface area contributed by atoms with E-state index >= 15 is 0 Å². The van der Waals surface area contributed by atoms with E-state index in [-0.39, 0.29) is 0 Å². The van der Waals surface area contributed by atoms with Gasteiger partial charge in [0, 0.05) is 0 Å². The third-order valence-corrected chi connectivity index (χ3v) is 3.11. The largest absolute Gasteiger partial charge is 0.496 e. The van der Waals surface area contributed by atoms with E-state index in [1.807, 2.05) is 18.2 Å². The van der Waals surface area contributed by atoms with Gasteiger partial charge in [-0.25, -0.2) is 0 Å². The van der Waals surface area contributed by atoms with E-state index in [9.17, 15) is 4.79 Å². The Morgan fingerprint density at radius 1 is 1.60 bits per heavy atom. The monoisotopic (exact) mass is 272 g/mol. The van der Waals surface area contributed by atoms with Crippen molar-refractivity contribution >= 4 is 21.9 Å². The van der Waals surface area contributed by atoms with Gasteiger partial charge in [-0.1, -0.05) is 19.1 Å². The number of carboxylic acid groups (broad SMARTS) is 1. The summed E-state index contributed by atoms with van der Waals surface area (Å²) in [6.45, 7) is 1.69. The highest BCUT2D eigenvalue weighted by atomic mass is 79.9. The number of methoxy groups -OCH3 is 1. The third-order valence-electron chi connectivity index (χ3n) is 2.21. The zero-order valence-electron chi connectivity index (χ0n) is 8.66. The van der Waals surface area contributed by atoms with Crippen LogP contribution in [-0.2, 0) is 11.2 Å². The van der Waals surface area contributed by atoms with Gasteiger partial charge >= 0.3 is 5.97 Å². The maximum atomic E-state index is 10.7. The lowest BCUT2D eigenvalue weighted by molar-refractivity contribution is -0.141. The van der Waals surface area contributed by atoms with Gasteiger partial charge in [0.1, 0.15) is 5.75 Å². The summed E-state index contributed by atoms with van der Waals surface area (Å²) >= 11 is 3.40. The van der Waals surface area contributed by atoms with E-state index in [0.29, 0.717) is 6.42 Å². The molecule has 1 unspecified atom stereocenters. The average Bonchev–Trinajstić information content (AvgIpc) is 2.21. The van der Waals surface area contributed by atoms with Gasteiger partial charge in [0.05, 0.1) is 17.5 Å². The molecule has 0 aromatic heterocycles. The predicted molar refractivity (Wildman–Crippen MR) is 61.2 cm³/mol. The molecule has 1 rings (SSSR count). The van der Waals surface area contributed by atoms with Crippen LogP contribution in [0.25, 0.3) is 0 Å². The molecular formula is C11H13BrO3. The lowest BCUT2D eigenvalue weighted by Crippen LogP contribution is -2.12. The lowest BCUT2D eigenvalue weighted by Gasteiger charge is -2.10. The maximum absolute atomic E-state index is 10.7. The number of carboxylic acids is 1. The van der Waals surface area contributed by atoms with Crippen LogP contribution >= 0.6 is 15.9 Å². The van der Waals surface area contributed by atoms with Crippen molar-refractivity contribution in [1.29, 1.82) is 0 Å². The van der Waals surface area contributed by atoms with Gasteiger partial charge in [0.25, 0.3) is 0 Å². The molecule has 0 radical (unpaired) electrons. The Balaban J connectivity index is 2.90. The quantitative estimate of drug-likeness (QED) is 0.917. The maximum Gasteiger partial charge on any atom is 0.306 e. The minimum Gasteiger partial charge on any atom is -0.496 e. The molecule has 0 aliphatic heterocycles. The Kier molecular flexibility index (Phi) is 4.15. The Labute approximate surface area is 97.2 Å². The van der Waals surface area contributed by atoms with Crippen LogP contribution < -0.4 is 4.74 Å². The number of ether oxygens (including phenoxy) is 1. The second-order valence-corrected chi connectivity index (χ2v) is 4.17. The molecule has 0 spiro atoms. The molecule has 82 valence electrons. The number of halogens is 1. The van der Waals surface area contributed by atoms with E-state index in [4.69, 9.17) is 9.84 Å². The van der Waals surface area contributed by atoms with Crippen molar-refractivity contribution in [2.45, 2.75) is 13.3 Å². The molecule has 1 aromatic carbocycles. The second-order valence-electron chi connectivity index (χ2n) is 3.38. The summed E-state index contributed by atoms with van der Waals surface area (Å²) in [5.74, 6) is -0.455. The molecule has 0 fully saturated rings. The van der Waals surface area contributed by atoms with Crippen molar-refractivity contribution in [2.75, 3.05) is 7.11 Å². The van der Waals surface area contributed by atoms with E-state index in [0.717, 1.165) is 15.8 Å². The average molecular weight is 273 g/mol. The topological polar surface area (TPSA) is 46.5 Å². The van der Waals surface area contributed by atoms with Crippen molar-refractivity contribution in [3.05, 3.63) is 28.2 Å². The summed E-state index contributed by atoms with van der Waals surface area (Å²) < 4.78 is 5.97. The van der Waals surface area contributed by atoms with Crippen LogP contribution in [-0.4, -0.2) is 18.2 Å². The summed E-state index contributed by atoms with van der Waals surface area (Å²) in [5, 5.41) is 8.81. The molecule has 0 saturated heterocycles. The Morgan fingerprint density at radius 3 is 2.80 bits per heavy atom. The molecule has 3 nitrogen and oxygen atoms in total. The Bertz CT molecular complexity index is 363. The first-order valence-corrected chi connectivity index (χ1v) is 5.39. The number of benzene rings is 1. The Hall–Kier alpha value is -1.03.